The second-order valence-electron chi connectivity index (χ2n) is 6.91. The Balaban J connectivity index is 1.46. The van der Waals surface area contributed by atoms with Gasteiger partial charge >= 0.3 is 0 Å². The maximum atomic E-state index is 11.8. The summed E-state index contributed by atoms with van der Waals surface area (Å²) in [6.07, 6.45) is 1.91. The Morgan fingerprint density at radius 3 is 2.70 bits per heavy atom. The van der Waals surface area contributed by atoms with E-state index in [1.54, 1.807) is 6.92 Å². The van der Waals surface area contributed by atoms with Crippen LogP contribution in [-0.4, -0.2) is 84.3 Å². The molecule has 0 radical (unpaired) electrons. The number of ether oxygens (including phenoxy) is 1. The number of aliphatic hydroxyl groups excluding tert-OH is 1. The number of hydrogen-bond acceptors (Lipinski definition) is 5. The van der Waals surface area contributed by atoms with Crippen molar-refractivity contribution < 1.29 is 19.4 Å². The molecule has 3 fully saturated rings. The molecule has 23 heavy (non-hydrogen) atoms. The summed E-state index contributed by atoms with van der Waals surface area (Å²) in [6, 6.07) is -0.297. The largest absolute Gasteiger partial charge is 0.388 e. The van der Waals surface area contributed by atoms with E-state index in [-0.39, 0.29) is 29.9 Å². The Bertz CT molecular complexity index is 455. The lowest BCUT2D eigenvalue weighted by Gasteiger charge is -2.26. The zero-order chi connectivity index (χ0) is 16.4. The van der Waals surface area contributed by atoms with Crippen LogP contribution in [0.4, 0.5) is 0 Å². The topological polar surface area (TPSA) is 82.1 Å². The van der Waals surface area contributed by atoms with E-state index in [1.165, 1.54) is 0 Å². The monoisotopic (exact) mass is 325 g/mol. The third-order valence-corrected chi connectivity index (χ3v) is 5.03. The van der Waals surface area contributed by atoms with Crippen LogP contribution < -0.4 is 5.32 Å². The first-order valence-electron chi connectivity index (χ1n) is 8.62. The molecule has 0 bridgehead atoms. The van der Waals surface area contributed by atoms with Crippen molar-refractivity contribution in [1.29, 1.82) is 0 Å². The predicted molar refractivity (Wildman–Crippen MR) is 83.7 cm³/mol. The second kappa shape index (κ2) is 7.15. The molecular formula is C16H27N3O4. The smallest absolute Gasteiger partial charge is 0.223 e. The van der Waals surface area contributed by atoms with E-state index in [1.807, 2.05) is 4.90 Å². The zero-order valence-corrected chi connectivity index (χ0v) is 13.7. The number of carbonyl (C=O) groups is 2. The van der Waals surface area contributed by atoms with Crippen LogP contribution in [0.15, 0.2) is 0 Å². The highest BCUT2D eigenvalue weighted by atomic mass is 16.5. The average Bonchev–Trinajstić information content (AvgIpc) is 3.32. The molecule has 2 saturated heterocycles. The van der Waals surface area contributed by atoms with Crippen LogP contribution in [0.25, 0.3) is 0 Å². The summed E-state index contributed by atoms with van der Waals surface area (Å²) < 4.78 is 5.71. The van der Waals surface area contributed by atoms with Crippen molar-refractivity contribution in [3.8, 4) is 0 Å². The number of hydrogen-bond donors (Lipinski definition) is 2. The Morgan fingerprint density at radius 1 is 1.22 bits per heavy atom. The molecule has 2 aliphatic heterocycles. The second-order valence-corrected chi connectivity index (χ2v) is 6.91. The van der Waals surface area contributed by atoms with Gasteiger partial charge in [-0.2, -0.15) is 0 Å². The molecule has 2 N–H and O–H groups in total. The minimum Gasteiger partial charge on any atom is -0.388 e. The van der Waals surface area contributed by atoms with Crippen LogP contribution in [0.2, 0.25) is 0 Å². The van der Waals surface area contributed by atoms with Gasteiger partial charge in [-0.25, -0.2) is 0 Å². The van der Waals surface area contributed by atoms with E-state index in [0.29, 0.717) is 13.2 Å². The van der Waals surface area contributed by atoms with Gasteiger partial charge in [0.05, 0.1) is 18.8 Å². The Kier molecular flexibility index (Phi) is 5.18. The molecular weight excluding hydrogens is 298 g/mol. The highest BCUT2D eigenvalue weighted by Crippen LogP contribution is 2.29. The SMILES string of the molecule is CC(=O)N1CCCN(CC2OCC(NC(=O)C3CC3)C2O)CC1. The number of carbonyl (C=O) groups excluding carboxylic acids is 2. The van der Waals surface area contributed by atoms with E-state index in [4.69, 9.17) is 4.74 Å². The molecule has 0 spiro atoms. The molecule has 3 aliphatic rings. The lowest BCUT2D eigenvalue weighted by Crippen LogP contribution is -2.47. The van der Waals surface area contributed by atoms with Crippen molar-refractivity contribution in [2.75, 3.05) is 39.3 Å². The maximum absolute atomic E-state index is 11.8. The molecule has 0 aromatic carbocycles. The fraction of sp³-hybridized carbons (Fsp3) is 0.875. The lowest BCUT2D eigenvalue weighted by atomic mass is 10.1. The van der Waals surface area contributed by atoms with Crippen LogP contribution in [0.1, 0.15) is 26.2 Å². The molecule has 3 atom stereocenters. The number of rotatable bonds is 4. The summed E-state index contributed by atoms with van der Waals surface area (Å²) in [5, 5.41) is 13.3. The predicted octanol–water partition coefficient (Wildman–Crippen LogP) is -0.805. The fourth-order valence-electron chi connectivity index (χ4n) is 3.34. The van der Waals surface area contributed by atoms with Gasteiger partial charge in [-0.15, -0.1) is 0 Å². The van der Waals surface area contributed by atoms with Crippen LogP contribution in [0.5, 0.6) is 0 Å². The summed E-state index contributed by atoms with van der Waals surface area (Å²) >= 11 is 0. The first-order chi connectivity index (χ1) is 11.0. The van der Waals surface area contributed by atoms with Crippen molar-refractivity contribution in [3.05, 3.63) is 0 Å². The summed E-state index contributed by atoms with van der Waals surface area (Å²) in [4.78, 5) is 27.4. The van der Waals surface area contributed by atoms with Gasteiger partial charge in [-0.3, -0.25) is 14.5 Å². The normalized spacial score (nSPS) is 32.6. The molecule has 1 aliphatic carbocycles. The minimum absolute atomic E-state index is 0.0465. The van der Waals surface area contributed by atoms with Crippen LogP contribution in [-0.2, 0) is 14.3 Å². The number of amides is 2. The van der Waals surface area contributed by atoms with Gasteiger partial charge < -0.3 is 20.1 Å². The average molecular weight is 325 g/mol. The van der Waals surface area contributed by atoms with E-state index in [9.17, 15) is 14.7 Å². The van der Waals surface area contributed by atoms with Gasteiger partial charge in [-0.05, 0) is 25.8 Å². The number of nitrogens with one attached hydrogen (secondary N) is 1. The van der Waals surface area contributed by atoms with Gasteiger partial charge in [0.1, 0.15) is 6.10 Å². The highest BCUT2D eigenvalue weighted by Gasteiger charge is 2.40. The van der Waals surface area contributed by atoms with Gasteiger partial charge in [-0.1, -0.05) is 0 Å². The Hall–Kier alpha value is -1.18. The van der Waals surface area contributed by atoms with E-state index in [0.717, 1.165) is 45.4 Å². The van der Waals surface area contributed by atoms with E-state index >= 15 is 0 Å². The minimum atomic E-state index is -0.662. The van der Waals surface area contributed by atoms with Crippen LogP contribution >= 0.6 is 0 Å². The molecule has 3 rings (SSSR count). The zero-order valence-electron chi connectivity index (χ0n) is 13.7. The molecule has 2 heterocycles. The molecule has 7 heteroatoms. The molecule has 1 saturated carbocycles. The van der Waals surface area contributed by atoms with Crippen molar-refractivity contribution in [2.24, 2.45) is 5.92 Å². The van der Waals surface area contributed by atoms with Crippen molar-refractivity contribution >= 4 is 11.8 Å². The summed E-state index contributed by atoms with van der Waals surface area (Å²) in [6.45, 7) is 5.83. The van der Waals surface area contributed by atoms with Gasteiger partial charge in [0, 0.05) is 39.0 Å². The maximum Gasteiger partial charge on any atom is 0.223 e. The lowest BCUT2D eigenvalue weighted by molar-refractivity contribution is -0.128. The third-order valence-electron chi connectivity index (χ3n) is 5.03. The standard InChI is InChI=1S/C16H27N3O4/c1-11(20)19-6-2-5-18(7-8-19)9-14-15(21)13(10-23-14)17-16(22)12-3-4-12/h12-15,21H,2-10H2,1H3,(H,17,22). The van der Waals surface area contributed by atoms with Gasteiger partial charge in [0.15, 0.2) is 0 Å². The van der Waals surface area contributed by atoms with Crippen molar-refractivity contribution in [1.82, 2.24) is 15.1 Å². The molecule has 7 nitrogen and oxygen atoms in total. The Morgan fingerprint density at radius 2 is 2.00 bits per heavy atom. The quantitative estimate of drug-likeness (QED) is 0.707. The molecule has 130 valence electrons. The Labute approximate surface area is 136 Å². The number of aliphatic hydroxyl groups is 1. The summed E-state index contributed by atoms with van der Waals surface area (Å²) in [5.41, 5.74) is 0. The molecule has 0 aromatic heterocycles. The van der Waals surface area contributed by atoms with Gasteiger partial charge in [0.2, 0.25) is 11.8 Å². The third kappa shape index (κ3) is 4.22. The fourth-order valence-corrected chi connectivity index (χ4v) is 3.34. The van der Waals surface area contributed by atoms with Crippen LogP contribution in [0, 0.1) is 5.92 Å². The summed E-state index contributed by atoms with van der Waals surface area (Å²) in [5.74, 6) is 0.307. The number of nitrogens with zero attached hydrogens (tertiary/aromatic N) is 2. The van der Waals surface area contributed by atoms with E-state index in [2.05, 4.69) is 10.2 Å². The van der Waals surface area contributed by atoms with Crippen molar-refractivity contribution in [3.63, 3.8) is 0 Å². The van der Waals surface area contributed by atoms with E-state index < -0.39 is 6.10 Å². The first-order valence-corrected chi connectivity index (χ1v) is 8.62. The molecule has 0 aromatic rings. The molecule has 3 unspecified atom stereocenters. The summed E-state index contributed by atoms with van der Waals surface area (Å²) in [7, 11) is 0. The van der Waals surface area contributed by atoms with Gasteiger partial charge in [0.25, 0.3) is 0 Å². The van der Waals surface area contributed by atoms with Crippen molar-refractivity contribution in [2.45, 2.75) is 44.4 Å². The highest BCUT2D eigenvalue weighted by molar-refractivity contribution is 5.81. The van der Waals surface area contributed by atoms with Crippen LogP contribution in [0.3, 0.4) is 0 Å². The first kappa shape index (κ1) is 16.7. The molecule has 2 amide bonds.